The van der Waals surface area contributed by atoms with Gasteiger partial charge in [0.25, 0.3) is 0 Å². The topological polar surface area (TPSA) is 61.7 Å². The Morgan fingerprint density at radius 3 is 2.67 bits per heavy atom. The van der Waals surface area contributed by atoms with E-state index in [-0.39, 0.29) is 6.10 Å². The van der Waals surface area contributed by atoms with Crippen LogP contribution >= 0.6 is 0 Å². The van der Waals surface area contributed by atoms with Gasteiger partial charge >= 0.3 is 0 Å². The van der Waals surface area contributed by atoms with Gasteiger partial charge in [0.2, 0.25) is 0 Å². The smallest absolute Gasteiger partial charge is 0.0897 e. The Morgan fingerprint density at radius 2 is 2.00 bits per heavy atom. The van der Waals surface area contributed by atoms with Crippen LogP contribution in [0.5, 0.6) is 0 Å². The molecule has 0 radical (unpaired) electrons. The van der Waals surface area contributed by atoms with Gasteiger partial charge in [-0.05, 0) is 31.6 Å². The minimum atomic E-state index is -0.433. The number of hydrogen-bond donors (Lipinski definition) is 3. The van der Waals surface area contributed by atoms with E-state index in [4.69, 9.17) is 9.84 Å². The average molecular weight is 257 g/mol. The number of aliphatic hydroxyl groups excluding tert-OH is 2. The summed E-state index contributed by atoms with van der Waals surface area (Å²) in [5, 5.41) is 22.3. The Balaban J connectivity index is 1.55. The van der Waals surface area contributed by atoms with Crippen LogP contribution in [-0.4, -0.2) is 47.7 Å². The van der Waals surface area contributed by atoms with Gasteiger partial charge in [0.1, 0.15) is 0 Å². The molecule has 3 N–H and O–H groups in total. The molecule has 0 aromatic carbocycles. The Labute approximate surface area is 110 Å². The Hall–Kier alpha value is -0.160. The van der Waals surface area contributed by atoms with Crippen molar-refractivity contribution in [1.29, 1.82) is 0 Å². The maximum absolute atomic E-state index is 9.85. The summed E-state index contributed by atoms with van der Waals surface area (Å²) in [7, 11) is 0. The Bertz CT molecular complexity index is 243. The van der Waals surface area contributed by atoms with Gasteiger partial charge in [-0.2, -0.15) is 0 Å². The number of rotatable bonds is 6. The van der Waals surface area contributed by atoms with Crippen LogP contribution in [0.4, 0.5) is 0 Å². The predicted molar refractivity (Wildman–Crippen MR) is 70.4 cm³/mol. The molecule has 0 aromatic heterocycles. The molecule has 0 saturated heterocycles. The molecule has 4 nitrogen and oxygen atoms in total. The lowest BCUT2D eigenvalue weighted by Crippen LogP contribution is -2.47. The largest absolute Gasteiger partial charge is 0.393 e. The molecule has 2 aliphatic rings. The summed E-state index contributed by atoms with van der Waals surface area (Å²) in [4.78, 5) is 0. The van der Waals surface area contributed by atoms with Gasteiger partial charge in [0.15, 0.2) is 0 Å². The summed E-state index contributed by atoms with van der Waals surface area (Å²) in [5.74, 6) is 0.626. The second kappa shape index (κ2) is 6.85. The molecular weight excluding hydrogens is 230 g/mol. The summed E-state index contributed by atoms with van der Waals surface area (Å²) in [6.07, 6.45) is 6.34. The first kappa shape index (κ1) is 14.3. The first-order chi connectivity index (χ1) is 8.65. The third kappa shape index (κ3) is 4.19. The van der Waals surface area contributed by atoms with Gasteiger partial charge in [-0.1, -0.05) is 19.8 Å². The number of hydrogen-bond acceptors (Lipinski definition) is 4. The third-order valence-electron chi connectivity index (χ3n) is 4.29. The SMILES string of the molecule is CC1CCCCC1OCC(O)CNC1CC(O)C1. The maximum Gasteiger partial charge on any atom is 0.0897 e. The van der Waals surface area contributed by atoms with Crippen LogP contribution in [0.15, 0.2) is 0 Å². The number of nitrogens with one attached hydrogen (secondary N) is 1. The molecule has 3 unspecified atom stereocenters. The summed E-state index contributed by atoms with van der Waals surface area (Å²) >= 11 is 0. The quantitative estimate of drug-likeness (QED) is 0.666. The van der Waals surface area contributed by atoms with Crippen LogP contribution in [-0.2, 0) is 4.74 Å². The van der Waals surface area contributed by atoms with E-state index in [0.717, 1.165) is 19.3 Å². The molecule has 2 fully saturated rings. The zero-order chi connectivity index (χ0) is 13.0. The van der Waals surface area contributed by atoms with Crippen LogP contribution in [0.2, 0.25) is 0 Å². The molecule has 0 heterocycles. The fourth-order valence-corrected chi connectivity index (χ4v) is 2.88. The highest BCUT2D eigenvalue weighted by Gasteiger charge is 2.27. The molecule has 0 aliphatic heterocycles. The molecular formula is C14H27NO3. The molecule has 0 bridgehead atoms. The van der Waals surface area contributed by atoms with E-state index in [1.54, 1.807) is 0 Å². The van der Waals surface area contributed by atoms with E-state index in [1.165, 1.54) is 19.3 Å². The van der Waals surface area contributed by atoms with E-state index < -0.39 is 6.10 Å². The van der Waals surface area contributed by atoms with E-state index in [1.807, 2.05) is 0 Å². The maximum atomic E-state index is 9.85. The standard InChI is InChI=1S/C14H27NO3/c1-10-4-2-3-5-14(10)18-9-13(17)8-15-11-6-12(16)7-11/h10-17H,2-9H2,1H3. The van der Waals surface area contributed by atoms with Crippen molar-refractivity contribution in [3.05, 3.63) is 0 Å². The van der Waals surface area contributed by atoms with Gasteiger partial charge < -0.3 is 20.3 Å². The first-order valence-electron chi connectivity index (χ1n) is 7.36. The molecule has 2 saturated carbocycles. The van der Waals surface area contributed by atoms with Crippen molar-refractivity contribution in [2.45, 2.75) is 69.8 Å². The fourth-order valence-electron chi connectivity index (χ4n) is 2.88. The third-order valence-corrected chi connectivity index (χ3v) is 4.29. The average Bonchev–Trinajstić information content (AvgIpc) is 2.32. The molecule has 18 heavy (non-hydrogen) atoms. The van der Waals surface area contributed by atoms with Gasteiger partial charge in [-0.3, -0.25) is 0 Å². The molecule has 4 heteroatoms. The second-order valence-electron chi connectivity index (χ2n) is 6.02. The predicted octanol–water partition coefficient (Wildman–Crippen LogP) is 1.06. The van der Waals surface area contributed by atoms with Crippen molar-refractivity contribution in [2.75, 3.05) is 13.2 Å². The van der Waals surface area contributed by atoms with E-state index in [0.29, 0.717) is 31.2 Å². The molecule has 2 aliphatic carbocycles. The van der Waals surface area contributed by atoms with Crippen LogP contribution in [0, 0.1) is 5.92 Å². The summed E-state index contributed by atoms with van der Waals surface area (Å²) in [6, 6.07) is 0.378. The zero-order valence-corrected chi connectivity index (χ0v) is 11.3. The van der Waals surface area contributed by atoms with Gasteiger partial charge in [0.05, 0.1) is 24.9 Å². The fraction of sp³-hybridized carbons (Fsp3) is 1.00. The summed E-state index contributed by atoms with van der Waals surface area (Å²) in [6.45, 7) is 3.24. The van der Waals surface area contributed by atoms with Crippen molar-refractivity contribution in [2.24, 2.45) is 5.92 Å². The Kier molecular flexibility index (Phi) is 5.42. The summed E-state index contributed by atoms with van der Waals surface area (Å²) in [5.41, 5.74) is 0. The van der Waals surface area contributed by atoms with Crippen molar-refractivity contribution < 1.29 is 14.9 Å². The van der Waals surface area contributed by atoms with E-state index in [9.17, 15) is 5.11 Å². The van der Waals surface area contributed by atoms with Crippen molar-refractivity contribution in [3.8, 4) is 0 Å². The van der Waals surface area contributed by atoms with Gasteiger partial charge in [-0.15, -0.1) is 0 Å². The second-order valence-corrected chi connectivity index (χ2v) is 6.02. The molecule has 2 rings (SSSR count). The zero-order valence-electron chi connectivity index (χ0n) is 11.3. The lowest BCUT2D eigenvalue weighted by atomic mass is 9.88. The first-order valence-corrected chi connectivity index (χ1v) is 7.36. The lowest BCUT2D eigenvalue weighted by Gasteiger charge is -2.33. The highest BCUT2D eigenvalue weighted by molar-refractivity contribution is 4.85. The monoisotopic (exact) mass is 257 g/mol. The van der Waals surface area contributed by atoms with Gasteiger partial charge in [-0.25, -0.2) is 0 Å². The van der Waals surface area contributed by atoms with Crippen LogP contribution in [0.25, 0.3) is 0 Å². The highest BCUT2D eigenvalue weighted by Crippen LogP contribution is 2.26. The summed E-state index contributed by atoms with van der Waals surface area (Å²) < 4.78 is 5.82. The van der Waals surface area contributed by atoms with Crippen LogP contribution in [0.1, 0.15) is 45.4 Å². The molecule has 0 aromatic rings. The van der Waals surface area contributed by atoms with Crippen molar-refractivity contribution in [1.82, 2.24) is 5.32 Å². The van der Waals surface area contributed by atoms with E-state index >= 15 is 0 Å². The van der Waals surface area contributed by atoms with Gasteiger partial charge in [0, 0.05) is 12.6 Å². The molecule has 0 spiro atoms. The normalized spacial score (nSPS) is 38.2. The number of aliphatic hydroxyl groups is 2. The number of ether oxygens (including phenoxy) is 1. The van der Waals surface area contributed by atoms with Crippen molar-refractivity contribution >= 4 is 0 Å². The highest BCUT2D eigenvalue weighted by atomic mass is 16.5. The minimum Gasteiger partial charge on any atom is -0.393 e. The minimum absolute atomic E-state index is 0.140. The van der Waals surface area contributed by atoms with Crippen molar-refractivity contribution in [3.63, 3.8) is 0 Å². The van der Waals surface area contributed by atoms with E-state index in [2.05, 4.69) is 12.2 Å². The molecule has 3 atom stereocenters. The Morgan fingerprint density at radius 1 is 1.28 bits per heavy atom. The molecule has 106 valence electrons. The lowest BCUT2D eigenvalue weighted by molar-refractivity contribution is -0.0473. The molecule has 0 amide bonds. The van der Waals surface area contributed by atoms with Crippen LogP contribution in [0.3, 0.4) is 0 Å². The van der Waals surface area contributed by atoms with Crippen LogP contribution < -0.4 is 5.32 Å².